The number of nitrogens with zero attached hydrogens (tertiary/aromatic N) is 1. The first-order valence-corrected chi connectivity index (χ1v) is 7.19. The molecule has 0 atom stereocenters. The van der Waals surface area contributed by atoms with Gasteiger partial charge in [0, 0.05) is 0 Å². The van der Waals surface area contributed by atoms with Gasteiger partial charge < -0.3 is 17.4 Å². The predicted octanol–water partition coefficient (Wildman–Crippen LogP) is -0.00340. The maximum absolute atomic E-state index is 4.59. The Bertz CT molecular complexity index is 75.3. The molecule has 1 nitrogen and oxygen atoms in total. The Balaban J connectivity index is -0.000000320. The summed E-state index contributed by atoms with van der Waals surface area (Å²) in [5.74, 6) is 0. The molecule has 0 radical (unpaired) electrons. The van der Waals surface area contributed by atoms with Crippen LogP contribution in [0.4, 0.5) is 0 Å². The van der Waals surface area contributed by atoms with Gasteiger partial charge in [0.15, 0.2) is 0 Å². The Morgan fingerprint density at radius 2 is 1.64 bits per heavy atom. The van der Waals surface area contributed by atoms with Crippen LogP contribution >= 0.6 is 0 Å². The molecule has 0 aliphatic heterocycles. The van der Waals surface area contributed by atoms with Gasteiger partial charge in [-0.05, 0) is 0 Å². The molecule has 0 heterocycles. The van der Waals surface area contributed by atoms with Gasteiger partial charge in [-0.3, -0.25) is 0 Å². The number of halogens is 1. The van der Waals surface area contributed by atoms with Crippen LogP contribution in [0.2, 0.25) is 19.6 Å². The summed E-state index contributed by atoms with van der Waals surface area (Å²) in [4.78, 5) is 4.59. The topological polar surface area (TPSA) is 14.1 Å². The van der Waals surface area contributed by atoms with Crippen molar-refractivity contribution in [2.24, 2.45) is 0 Å². The second kappa shape index (κ2) is 9.44. The minimum atomic E-state index is -1.07. The van der Waals surface area contributed by atoms with E-state index >= 15 is 0 Å². The fourth-order valence-electron chi connectivity index (χ4n) is 0.573. The average molecular weight is 271 g/mol. The molecule has 0 bridgehead atoms. The molecular formula is C7H18ClNSiZr. The first-order valence-electron chi connectivity index (χ1n) is 3.75. The zero-order valence-electron chi connectivity index (χ0n) is 7.95. The number of unbranched alkanes of at least 4 members (excludes halogenated alkanes) is 1. The van der Waals surface area contributed by atoms with E-state index in [1.807, 2.05) is 0 Å². The summed E-state index contributed by atoms with van der Waals surface area (Å²) in [7, 11) is -1.07. The molecule has 0 aromatic carbocycles. The molecule has 0 spiro atoms. The monoisotopic (exact) mass is 269 g/mol. The molecule has 0 rings (SSSR count). The van der Waals surface area contributed by atoms with Gasteiger partial charge in [0.2, 0.25) is 0 Å². The molecule has 0 aliphatic rings. The van der Waals surface area contributed by atoms with E-state index < -0.39 is 8.24 Å². The zero-order valence-corrected chi connectivity index (χ0v) is 12.2. The standard InChI is InChI=1S/C7H18NSi.ClH.Zr/c1-5-6-7-8-9(2,3)4;;/h5-7H2,1-4H3;1H;/q-1;;+2/p-1. The summed E-state index contributed by atoms with van der Waals surface area (Å²) >= 11 is 0. The van der Waals surface area contributed by atoms with Crippen LogP contribution in [0.25, 0.3) is 4.98 Å². The largest absolute Gasteiger partial charge is 2.00 e. The second-order valence-corrected chi connectivity index (χ2v) is 8.06. The molecule has 0 aliphatic carbocycles. The van der Waals surface area contributed by atoms with Gasteiger partial charge in [-0.15, -0.1) is 0 Å². The number of hydrogen-bond donors (Lipinski definition) is 0. The first kappa shape index (κ1) is 18.2. The van der Waals surface area contributed by atoms with E-state index in [1.54, 1.807) is 0 Å². The Morgan fingerprint density at radius 1 is 1.18 bits per heavy atom. The van der Waals surface area contributed by atoms with Crippen molar-refractivity contribution in [2.45, 2.75) is 39.4 Å². The minimum absolute atomic E-state index is 0. The van der Waals surface area contributed by atoms with E-state index in [0.29, 0.717) is 0 Å². The maximum Gasteiger partial charge on any atom is 2.00 e. The van der Waals surface area contributed by atoms with Gasteiger partial charge in [0.05, 0.1) is 0 Å². The molecule has 0 aromatic rings. The molecule has 0 amide bonds. The number of hydrogen-bond acceptors (Lipinski definition) is 0. The van der Waals surface area contributed by atoms with E-state index in [2.05, 4.69) is 31.5 Å². The summed E-state index contributed by atoms with van der Waals surface area (Å²) in [6, 6.07) is 0. The number of rotatable bonds is 4. The molecule has 66 valence electrons. The van der Waals surface area contributed by atoms with E-state index in [4.69, 9.17) is 0 Å². The van der Waals surface area contributed by atoms with Crippen LogP contribution in [0.1, 0.15) is 19.8 Å². The van der Waals surface area contributed by atoms with Crippen LogP contribution < -0.4 is 12.4 Å². The van der Waals surface area contributed by atoms with Crippen LogP contribution in [0, 0.1) is 0 Å². The van der Waals surface area contributed by atoms with Gasteiger partial charge in [0.1, 0.15) is 0 Å². The molecule has 4 heteroatoms. The summed E-state index contributed by atoms with van der Waals surface area (Å²) in [6.45, 7) is 10.1. The normalized spacial score (nSPS) is 9.82. The Hall–Kier alpha value is 1.35. The van der Waals surface area contributed by atoms with E-state index in [1.165, 1.54) is 12.8 Å². The quantitative estimate of drug-likeness (QED) is 0.504. The fraction of sp³-hybridized carbons (Fsp3) is 1.00. The first-order chi connectivity index (χ1) is 4.06. The van der Waals surface area contributed by atoms with E-state index in [-0.39, 0.29) is 38.6 Å². The van der Waals surface area contributed by atoms with Crippen LogP contribution in [0.5, 0.6) is 0 Å². The molecule has 0 N–H and O–H groups in total. The summed E-state index contributed by atoms with van der Waals surface area (Å²) in [5.41, 5.74) is 0. The van der Waals surface area contributed by atoms with Crippen molar-refractivity contribution in [1.29, 1.82) is 0 Å². The van der Waals surface area contributed by atoms with Crippen molar-refractivity contribution in [3.8, 4) is 0 Å². The summed E-state index contributed by atoms with van der Waals surface area (Å²) in [6.07, 6.45) is 2.54. The van der Waals surface area contributed by atoms with Crippen LogP contribution in [-0.4, -0.2) is 14.8 Å². The van der Waals surface area contributed by atoms with Gasteiger partial charge in [0.25, 0.3) is 0 Å². The van der Waals surface area contributed by atoms with E-state index in [0.717, 1.165) is 6.54 Å². The van der Waals surface area contributed by atoms with Crippen molar-refractivity contribution < 1.29 is 38.6 Å². The Labute approximate surface area is 97.3 Å². The molecule has 0 unspecified atom stereocenters. The van der Waals surface area contributed by atoms with Crippen molar-refractivity contribution in [2.75, 3.05) is 6.54 Å². The van der Waals surface area contributed by atoms with Crippen molar-refractivity contribution in [1.82, 2.24) is 0 Å². The third kappa shape index (κ3) is 18.4. The van der Waals surface area contributed by atoms with Crippen LogP contribution in [-0.2, 0) is 26.2 Å². The van der Waals surface area contributed by atoms with E-state index in [9.17, 15) is 0 Å². The predicted molar refractivity (Wildman–Crippen MR) is 46.5 cm³/mol. The molecule has 0 fully saturated rings. The summed E-state index contributed by atoms with van der Waals surface area (Å²) < 4.78 is 0. The van der Waals surface area contributed by atoms with Gasteiger partial charge >= 0.3 is 26.2 Å². The summed E-state index contributed by atoms with van der Waals surface area (Å²) in [5, 5.41) is 0. The maximum atomic E-state index is 4.59. The average Bonchev–Trinajstić information content (AvgIpc) is 1.63. The third-order valence-corrected chi connectivity index (χ3v) is 2.27. The fourth-order valence-corrected chi connectivity index (χ4v) is 1.40. The van der Waals surface area contributed by atoms with Gasteiger partial charge in [-0.2, -0.15) is 6.54 Å². The van der Waals surface area contributed by atoms with Crippen LogP contribution in [0.3, 0.4) is 0 Å². The molecular weight excluding hydrogens is 253 g/mol. The second-order valence-electron chi connectivity index (χ2n) is 3.41. The minimum Gasteiger partial charge on any atom is -1.00 e. The third-order valence-electron chi connectivity index (χ3n) is 1.10. The molecule has 0 saturated heterocycles. The van der Waals surface area contributed by atoms with Gasteiger partial charge in [-0.1, -0.05) is 47.6 Å². The SMILES string of the molecule is CCCC[N-][Si](C)(C)C.[Cl-].[Zr+2]. The van der Waals surface area contributed by atoms with Crippen molar-refractivity contribution in [3.63, 3.8) is 0 Å². The molecule has 11 heavy (non-hydrogen) atoms. The van der Waals surface area contributed by atoms with Crippen molar-refractivity contribution in [3.05, 3.63) is 4.98 Å². The van der Waals surface area contributed by atoms with Crippen molar-refractivity contribution >= 4 is 8.24 Å². The Morgan fingerprint density at radius 3 is 1.91 bits per heavy atom. The smallest absolute Gasteiger partial charge is 1.00 e. The Kier molecular flexibility index (Phi) is 15.6. The molecule has 0 aromatic heterocycles. The molecule has 0 saturated carbocycles. The van der Waals surface area contributed by atoms with Gasteiger partial charge in [-0.25, -0.2) is 0 Å². The van der Waals surface area contributed by atoms with Crippen LogP contribution in [0.15, 0.2) is 0 Å². The zero-order chi connectivity index (χ0) is 7.33.